The van der Waals surface area contributed by atoms with Crippen LogP contribution in [0.4, 0.5) is 0 Å². The number of nitrogens with zero attached hydrogens (tertiary/aromatic N) is 4. The standard InChI is InChI=1S/C17H23N5O3S2/c1-10-3-4-13-12(9-10)15(19-18-13)16(23)22-7-5-11(6-8-22)14-17(26-21-20-14)27(2,24)25/h10-11H,3-9H2,1-2H3,(H,18,19)/t10-/m1/s1. The molecule has 1 atom stereocenters. The summed E-state index contributed by atoms with van der Waals surface area (Å²) in [6.07, 6.45) is 5.52. The van der Waals surface area contributed by atoms with Gasteiger partial charge in [-0.3, -0.25) is 9.89 Å². The van der Waals surface area contributed by atoms with E-state index in [0.717, 1.165) is 42.1 Å². The summed E-state index contributed by atoms with van der Waals surface area (Å²) in [5, 5.41) is 11.4. The van der Waals surface area contributed by atoms with Crippen LogP contribution in [0.5, 0.6) is 0 Å². The number of fused-ring (bicyclic) bond motifs is 1. The summed E-state index contributed by atoms with van der Waals surface area (Å²) in [4.78, 5) is 14.8. The first-order valence-electron chi connectivity index (χ1n) is 9.22. The van der Waals surface area contributed by atoms with Crippen LogP contribution in [0, 0.1) is 5.92 Å². The fourth-order valence-electron chi connectivity index (χ4n) is 4.05. The Morgan fingerprint density at radius 1 is 1.26 bits per heavy atom. The maximum atomic E-state index is 13.0. The molecule has 3 heterocycles. The first-order chi connectivity index (χ1) is 12.8. The fourth-order valence-corrected chi connectivity index (χ4v) is 5.78. The summed E-state index contributed by atoms with van der Waals surface area (Å²) >= 11 is 0.927. The maximum Gasteiger partial charge on any atom is 0.274 e. The predicted octanol–water partition coefficient (Wildman–Crippen LogP) is 1.81. The highest BCUT2D eigenvalue weighted by Gasteiger charge is 2.33. The lowest BCUT2D eigenvalue weighted by Gasteiger charge is -2.31. The second-order valence-corrected chi connectivity index (χ2v) is 10.6. The molecule has 27 heavy (non-hydrogen) atoms. The Morgan fingerprint density at radius 3 is 2.70 bits per heavy atom. The number of nitrogens with one attached hydrogen (secondary N) is 1. The van der Waals surface area contributed by atoms with Crippen molar-refractivity contribution in [3.05, 3.63) is 22.6 Å². The van der Waals surface area contributed by atoms with Crippen LogP contribution in [0.25, 0.3) is 0 Å². The summed E-state index contributed by atoms with van der Waals surface area (Å²) in [6.45, 7) is 3.35. The molecule has 0 bridgehead atoms. The topological polar surface area (TPSA) is 109 Å². The van der Waals surface area contributed by atoms with Crippen molar-refractivity contribution in [1.29, 1.82) is 0 Å². The monoisotopic (exact) mass is 409 g/mol. The van der Waals surface area contributed by atoms with Gasteiger partial charge in [-0.05, 0) is 38.0 Å². The first-order valence-corrected chi connectivity index (χ1v) is 11.9. The number of carbonyl (C=O) groups excluding carboxylic acids is 1. The van der Waals surface area contributed by atoms with Crippen molar-refractivity contribution in [3.63, 3.8) is 0 Å². The highest BCUT2D eigenvalue weighted by molar-refractivity contribution is 7.92. The van der Waals surface area contributed by atoms with Crippen LogP contribution in [-0.2, 0) is 22.7 Å². The molecule has 2 aliphatic rings. The van der Waals surface area contributed by atoms with Gasteiger partial charge in [-0.1, -0.05) is 11.4 Å². The van der Waals surface area contributed by atoms with E-state index in [1.807, 2.05) is 4.90 Å². The Hall–Kier alpha value is -1.81. The van der Waals surface area contributed by atoms with E-state index in [-0.39, 0.29) is 16.0 Å². The van der Waals surface area contributed by atoms with Crippen LogP contribution in [0.1, 0.15) is 59.5 Å². The van der Waals surface area contributed by atoms with Gasteiger partial charge < -0.3 is 4.90 Å². The van der Waals surface area contributed by atoms with Gasteiger partial charge in [0.15, 0.2) is 19.7 Å². The summed E-state index contributed by atoms with van der Waals surface area (Å²) in [5.74, 6) is 0.560. The minimum atomic E-state index is -3.32. The molecule has 1 saturated heterocycles. The number of amides is 1. The van der Waals surface area contributed by atoms with E-state index in [1.54, 1.807) is 0 Å². The van der Waals surface area contributed by atoms with Gasteiger partial charge in [-0.25, -0.2) is 8.42 Å². The lowest BCUT2D eigenvalue weighted by atomic mass is 9.87. The van der Waals surface area contributed by atoms with Crippen molar-refractivity contribution < 1.29 is 13.2 Å². The van der Waals surface area contributed by atoms with Crippen molar-refractivity contribution >= 4 is 27.3 Å². The normalized spacial score (nSPS) is 21.3. The zero-order valence-corrected chi connectivity index (χ0v) is 17.1. The van der Waals surface area contributed by atoms with Crippen molar-refractivity contribution in [1.82, 2.24) is 24.7 Å². The van der Waals surface area contributed by atoms with Crippen molar-refractivity contribution in [2.75, 3.05) is 19.3 Å². The third kappa shape index (κ3) is 3.52. The largest absolute Gasteiger partial charge is 0.337 e. The highest BCUT2D eigenvalue weighted by Crippen LogP contribution is 2.33. The van der Waals surface area contributed by atoms with Gasteiger partial charge in [0.05, 0.1) is 5.69 Å². The van der Waals surface area contributed by atoms with E-state index in [1.165, 1.54) is 6.26 Å². The molecule has 146 valence electrons. The molecule has 0 saturated carbocycles. The lowest BCUT2D eigenvalue weighted by Crippen LogP contribution is -2.39. The average molecular weight is 410 g/mol. The zero-order chi connectivity index (χ0) is 19.2. The van der Waals surface area contributed by atoms with E-state index < -0.39 is 9.84 Å². The zero-order valence-electron chi connectivity index (χ0n) is 15.4. The van der Waals surface area contributed by atoms with Crippen molar-refractivity contribution in [3.8, 4) is 0 Å². The van der Waals surface area contributed by atoms with E-state index in [4.69, 9.17) is 0 Å². The minimum absolute atomic E-state index is 0.0191. The summed E-state index contributed by atoms with van der Waals surface area (Å²) in [7, 11) is -3.32. The number of aromatic amines is 1. The van der Waals surface area contributed by atoms with Gasteiger partial charge in [0, 0.05) is 48.1 Å². The van der Waals surface area contributed by atoms with Gasteiger partial charge >= 0.3 is 0 Å². The Labute approximate surface area is 162 Å². The third-order valence-corrected chi connectivity index (χ3v) is 8.13. The Bertz CT molecular complexity index is 957. The molecule has 8 nitrogen and oxygen atoms in total. The van der Waals surface area contributed by atoms with Gasteiger partial charge in [-0.15, -0.1) is 5.10 Å². The molecule has 1 aliphatic carbocycles. The number of H-pyrrole nitrogens is 1. The second-order valence-electron chi connectivity index (χ2n) is 7.66. The molecule has 1 amide bonds. The molecule has 1 aliphatic heterocycles. The number of hydrogen-bond acceptors (Lipinski definition) is 7. The van der Waals surface area contributed by atoms with E-state index >= 15 is 0 Å². The van der Waals surface area contributed by atoms with Gasteiger partial charge in [0.1, 0.15) is 0 Å². The number of piperidine rings is 1. The number of hydrogen-bond donors (Lipinski definition) is 1. The quantitative estimate of drug-likeness (QED) is 0.828. The van der Waals surface area contributed by atoms with E-state index in [2.05, 4.69) is 26.7 Å². The van der Waals surface area contributed by atoms with Crippen LogP contribution in [0.3, 0.4) is 0 Å². The van der Waals surface area contributed by atoms with Crippen LogP contribution < -0.4 is 0 Å². The summed E-state index contributed by atoms with van der Waals surface area (Å²) in [6, 6.07) is 0. The molecular weight excluding hydrogens is 386 g/mol. The molecule has 1 N–H and O–H groups in total. The molecular formula is C17H23N5O3S2. The molecule has 1 fully saturated rings. The van der Waals surface area contributed by atoms with Crippen LogP contribution in [0.15, 0.2) is 4.21 Å². The SMILES string of the molecule is C[C@@H]1CCc2[nH]nc(C(=O)N3CCC(c4nnsc4S(C)(=O)=O)CC3)c2C1. The van der Waals surface area contributed by atoms with E-state index in [0.29, 0.717) is 43.2 Å². The number of likely N-dealkylation sites (tertiary alicyclic amines) is 1. The lowest BCUT2D eigenvalue weighted by molar-refractivity contribution is 0.0704. The summed E-state index contributed by atoms with van der Waals surface area (Å²) < 4.78 is 27.9. The Morgan fingerprint density at radius 2 is 2.00 bits per heavy atom. The molecule has 0 unspecified atom stereocenters. The highest BCUT2D eigenvalue weighted by atomic mass is 32.2. The Kier molecular flexibility index (Phi) is 4.79. The smallest absolute Gasteiger partial charge is 0.274 e. The number of carbonyl (C=O) groups is 1. The number of rotatable bonds is 3. The predicted molar refractivity (Wildman–Crippen MR) is 101 cm³/mol. The Balaban J connectivity index is 1.47. The number of aryl methyl sites for hydroxylation is 1. The molecule has 2 aromatic heterocycles. The molecule has 0 aromatic carbocycles. The van der Waals surface area contributed by atoms with E-state index in [9.17, 15) is 13.2 Å². The van der Waals surface area contributed by atoms with Crippen LogP contribution >= 0.6 is 11.5 Å². The third-order valence-electron chi connectivity index (χ3n) is 5.58. The van der Waals surface area contributed by atoms with Crippen molar-refractivity contribution in [2.45, 2.75) is 49.2 Å². The average Bonchev–Trinajstić information content (AvgIpc) is 3.28. The molecule has 0 spiro atoms. The van der Waals surface area contributed by atoms with Crippen LogP contribution in [-0.4, -0.2) is 58.4 Å². The maximum absolute atomic E-state index is 13.0. The molecule has 10 heteroatoms. The molecule has 0 radical (unpaired) electrons. The van der Waals surface area contributed by atoms with Crippen molar-refractivity contribution in [2.24, 2.45) is 5.92 Å². The summed E-state index contributed by atoms with van der Waals surface area (Å²) in [5.41, 5.74) is 3.28. The fraction of sp³-hybridized carbons (Fsp3) is 0.647. The first kappa shape index (κ1) is 18.5. The van der Waals surface area contributed by atoms with Crippen LogP contribution in [0.2, 0.25) is 0 Å². The minimum Gasteiger partial charge on any atom is -0.337 e. The molecule has 4 rings (SSSR count). The molecule has 2 aromatic rings. The number of aromatic nitrogens is 4. The van der Waals surface area contributed by atoms with Gasteiger partial charge in [0.25, 0.3) is 5.91 Å². The van der Waals surface area contributed by atoms with Gasteiger partial charge in [0.2, 0.25) is 0 Å². The van der Waals surface area contributed by atoms with Gasteiger partial charge in [-0.2, -0.15) is 5.10 Å². The number of sulfone groups is 1. The second kappa shape index (κ2) is 6.97.